The van der Waals surface area contributed by atoms with Crippen molar-refractivity contribution in [1.29, 1.82) is 0 Å². The first-order chi connectivity index (χ1) is 11.2. The molecule has 0 spiro atoms. The van der Waals surface area contributed by atoms with Crippen LogP contribution in [-0.2, 0) is 6.42 Å². The number of hydrogen-bond acceptors (Lipinski definition) is 3. The lowest BCUT2D eigenvalue weighted by molar-refractivity contribution is 0.628. The summed E-state index contributed by atoms with van der Waals surface area (Å²) in [5, 5.41) is 6.04. The van der Waals surface area contributed by atoms with Gasteiger partial charge in [-0.2, -0.15) is 0 Å². The summed E-state index contributed by atoms with van der Waals surface area (Å²) in [4.78, 5) is 4.60. The molecule has 0 bridgehead atoms. The molecule has 1 N–H and O–H groups in total. The Balaban J connectivity index is 1.69. The summed E-state index contributed by atoms with van der Waals surface area (Å²) in [6.07, 6.45) is 3.57. The van der Waals surface area contributed by atoms with Gasteiger partial charge in [0, 0.05) is 16.6 Å². The minimum absolute atomic E-state index is 0.237. The minimum Gasteiger partial charge on any atom is -0.332 e. The number of aryl methyl sites for hydroxylation is 1. The predicted molar refractivity (Wildman–Crippen MR) is 95.8 cm³/mol. The molecule has 2 aromatic carbocycles. The van der Waals surface area contributed by atoms with Crippen molar-refractivity contribution >= 4 is 22.2 Å². The van der Waals surface area contributed by atoms with Crippen molar-refractivity contribution in [2.75, 3.05) is 5.32 Å². The van der Waals surface area contributed by atoms with E-state index in [1.807, 2.05) is 5.38 Å². The molecule has 0 unspecified atom stereocenters. The molecule has 0 aliphatic heterocycles. The van der Waals surface area contributed by atoms with Gasteiger partial charge in [-0.3, -0.25) is 0 Å². The third kappa shape index (κ3) is 4.17. The third-order valence-electron chi connectivity index (χ3n) is 3.67. The Kier molecular flexibility index (Phi) is 5.03. The lowest BCUT2D eigenvalue weighted by Gasteiger charge is -2.03. The fourth-order valence-electron chi connectivity index (χ4n) is 2.34. The molecule has 4 heteroatoms. The van der Waals surface area contributed by atoms with Crippen LogP contribution in [0.3, 0.4) is 0 Å². The van der Waals surface area contributed by atoms with Gasteiger partial charge in [-0.25, -0.2) is 9.37 Å². The molecule has 0 saturated carbocycles. The molecule has 0 saturated heterocycles. The predicted octanol–water partition coefficient (Wildman–Crippen LogP) is 6.04. The molecular weight excluding hydrogens is 307 g/mol. The molecule has 118 valence electrons. The van der Waals surface area contributed by atoms with Gasteiger partial charge in [-0.15, -0.1) is 11.3 Å². The number of nitrogens with zero attached hydrogens (tertiary/aromatic N) is 1. The number of rotatable bonds is 6. The molecule has 1 aromatic heterocycles. The molecule has 0 radical (unpaired) electrons. The van der Waals surface area contributed by atoms with Crippen LogP contribution >= 0.6 is 11.3 Å². The maximum atomic E-state index is 12.9. The normalized spacial score (nSPS) is 10.7. The molecule has 0 atom stereocenters. The van der Waals surface area contributed by atoms with Crippen molar-refractivity contribution < 1.29 is 4.39 Å². The zero-order valence-electron chi connectivity index (χ0n) is 13.1. The van der Waals surface area contributed by atoms with Gasteiger partial charge < -0.3 is 5.32 Å². The van der Waals surface area contributed by atoms with Crippen LogP contribution in [-0.4, -0.2) is 4.98 Å². The van der Waals surface area contributed by atoms with E-state index in [-0.39, 0.29) is 5.82 Å². The van der Waals surface area contributed by atoms with E-state index in [1.54, 1.807) is 23.5 Å². The Morgan fingerprint density at radius 2 is 1.78 bits per heavy atom. The summed E-state index contributed by atoms with van der Waals surface area (Å²) < 4.78 is 12.9. The van der Waals surface area contributed by atoms with E-state index in [4.69, 9.17) is 0 Å². The first kappa shape index (κ1) is 15.7. The van der Waals surface area contributed by atoms with Crippen LogP contribution in [0, 0.1) is 5.82 Å². The average molecular weight is 326 g/mol. The minimum atomic E-state index is -0.237. The highest BCUT2D eigenvalue weighted by molar-refractivity contribution is 7.14. The van der Waals surface area contributed by atoms with Gasteiger partial charge in [0.2, 0.25) is 0 Å². The standard InChI is InChI=1S/C19H19FN2S/c1-2-3-4-14-5-7-15(8-6-14)18-13-23-19(22-18)21-17-11-9-16(20)10-12-17/h5-13H,2-4H2,1H3,(H,21,22). The molecule has 0 amide bonds. The highest BCUT2D eigenvalue weighted by atomic mass is 32.1. The molecule has 0 fully saturated rings. The van der Waals surface area contributed by atoms with Crippen molar-refractivity contribution in [3.05, 3.63) is 65.3 Å². The van der Waals surface area contributed by atoms with Crippen LogP contribution in [0.15, 0.2) is 53.9 Å². The summed E-state index contributed by atoms with van der Waals surface area (Å²) in [6, 6.07) is 14.9. The van der Waals surface area contributed by atoms with Crippen LogP contribution in [0.25, 0.3) is 11.3 Å². The first-order valence-electron chi connectivity index (χ1n) is 7.82. The highest BCUT2D eigenvalue weighted by Gasteiger charge is 2.05. The van der Waals surface area contributed by atoms with E-state index in [2.05, 4.69) is 41.5 Å². The number of anilines is 2. The maximum Gasteiger partial charge on any atom is 0.187 e. The van der Waals surface area contributed by atoms with Crippen molar-refractivity contribution in [2.45, 2.75) is 26.2 Å². The number of benzene rings is 2. The van der Waals surface area contributed by atoms with Crippen LogP contribution in [0.2, 0.25) is 0 Å². The van der Waals surface area contributed by atoms with Crippen molar-refractivity contribution in [3.8, 4) is 11.3 Å². The van der Waals surface area contributed by atoms with Gasteiger partial charge in [-0.05, 0) is 42.7 Å². The average Bonchev–Trinajstić information content (AvgIpc) is 3.04. The number of halogens is 1. The first-order valence-corrected chi connectivity index (χ1v) is 8.70. The van der Waals surface area contributed by atoms with Crippen LogP contribution in [0.1, 0.15) is 25.3 Å². The quantitative estimate of drug-likeness (QED) is 0.597. The van der Waals surface area contributed by atoms with Gasteiger partial charge in [0.25, 0.3) is 0 Å². The second kappa shape index (κ2) is 7.38. The number of aromatic nitrogens is 1. The van der Waals surface area contributed by atoms with Gasteiger partial charge in [-0.1, -0.05) is 37.6 Å². The number of thiazole rings is 1. The summed E-state index contributed by atoms with van der Waals surface area (Å²) in [6.45, 7) is 2.21. The van der Waals surface area contributed by atoms with E-state index in [0.717, 1.165) is 28.5 Å². The SMILES string of the molecule is CCCCc1ccc(-c2csc(Nc3ccc(F)cc3)n2)cc1. The summed E-state index contributed by atoms with van der Waals surface area (Å²) in [5.74, 6) is -0.237. The highest BCUT2D eigenvalue weighted by Crippen LogP contribution is 2.27. The lowest BCUT2D eigenvalue weighted by Crippen LogP contribution is -1.90. The molecule has 2 nitrogen and oxygen atoms in total. The fraction of sp³-hybridized carbons (Fsp3) is 0.211. The van der Waals surface area contributed by atoms with E-state index >= 15 is 0 Å². The third-order valence-corrected chi connectivity index (χ3v) is 4.43. The van der Waals surface area contributed by atoms with E-state index in [0.29, 0.717) is 0 Å². The summed E-state index contributed by atoms with van der Waals surface area (Å²) in [5.41, 5.74) is 4.29. The summed E-state index contributed by atoms with van der Waals surface area (Å²) >= 11 is 1.55. The van der Waals surface area contributed by atoms with Crippen LogP contribution in [0.5, 0.6) is 0 Å². The lowest BCUT2D eigenvalue weighted by atomic mass is 10.1. The molecule has 0 aliphatic rings. The molecule has 1 heterocycles. The Hall–Kier alpha value is -2.20. The molecule has 3 aromatic rings. The zero-order chi connectivity index (χ0) is 16.1. The van der Waals surface area contributed by atoms with Gasteiger partial charge in [0.05, 0.1) is 5.69 Å². The van der Waals surface area contributed by atoms with Crippen LogP contribution in [0.4, 0.5) is 15.2 Å². The van der Waals surface area contributed by atoms with E-state index in [1.165, 1.54) is 30.5 Å². The van der Waals surface area contributed by atoms with Gasteiger partial charge in [0.15, 0.2) is 5.13 Å². The maximum absolute atomic E-state index is 12.9. The van der Waals surface area contributed by atoms with E-state index < -0.39 is 0 Å². The molecule has 23 heavy (non-hydrogen) atoms. The van der Waals surface area contributed by atoms with Gasteiger partial charge in [0.1, 0.15) is 5.82 Å². The second-order valence-electron chi connectivity index (χ2n) is 5.47. The Bertz CT molecular complexity index is 748. The Morgan fingerprint density at radius 1 is 1.04 bits per heavy atom. The zero-order valence-corrected chi connectivity index (χ0v) is 13.9. The van der Waals surface area contributed by atoms with Crippen molar-refractivity contribution in [1.82, 2.24) is 4.98 Å². The number of hydrogen-bond donors (Lipinski definition) is 1. The van der Waals surface area contributed by atoms with Crippen molar-refractivity contribution in [2.24, 2.45) is 0 Å². The number of nitrogens with one attached hydrogen (secondary N) is 1. The fourth-order valence-corrected chi connectivity index (χ4v) is 3.08. The Labute approximate surface area is 140 Å². The van der Waals surface area contributed by atoms with E-state index in [9.17, 15) is 4.39 Å². The monoisotopic (exact) mass is 326 g/mol. The largest absolute Gasteiger partial charge is 0.332 e. The summed E-state index contributed by atoms with van der Waals surface area (Å²) in [7, 11) is 0. The molecular formula is C19H19FN2S. The second-order valence-corrected chi connectivity index (χ2v) is 6.33. The molecule has 0 aliphatic carbocycles. The van der Waals surface area contributed by atoms with Gasteiger partial charge >= 0.3 is 0 Å². The van der Waals surface area contributed by atoms with Crippen molar-refractivity contribution in [3.63, 3.8) is 0 Å². The number of unbranched alkanes of at least 4 members (excludes halogenated alkanes) is 1. The topological polar surface area (TPSA) is 24.9 Å². The molecule has 3 rings (SSSR count). The Morgan fingerprint density at radius 3 is 2.48 bits per heavy atom. The smallest absolute Gasteiger partial charge is 0.187 e. The van der Waals surface area contributed by atoms with Crippen LogP contribution < -0.4 is 5.32 Å².